The summed E-state index contributed by atoms with van der Waals surface area (Å²) in [5.41, 5.74) is 0.453. The van der Waals surface area contributed by atoms with Crippen molar-refractivity contribution >= 4 is 25.7 Å². The number of halogens is 3. The van der Waals surface area contributed by atoms with Gasteiger partial charge in [-0.1, -0.05) is 43.3 Å². The van der Waals surface area contributed by atoms with Crippen LogP contribution in [-0.2, 0) is 32.8 Å². The van der Waals surface area contributed by atoms with E-state index in [0.29, 0.717) is 5.69 Å². The minimum absolute atomic E-state index is 0.0106. The van der Waals surface area contributed by atoms with Crippen LogP contribution in [0.4, 0.5) is 18.9 Å². The van der Waals surface area contributed by atoms with E-state index in [4.69, 9.17) is 0 Å². The van der Waals surface area contributed by atoms with Crippen molar-refractivity contribution in [3.63, 3.8) is 0 Å². The second kappa shape index (κ2) is 11.0. The van der Waals surface area contributed by atoms with Crippen LogP contribution in [0, 0.1) is 0 Å². The van der Waals surface area contributed by atoms with Crippen molar-refractivity contribution in [3.05, 3.63) is 90.0 Å². The van der Waals surface area contributed by atoms with Crippen LogP contribution in [0.5, 0.6) is 0 Å². The Bertz CT molecular complexity index is 1460. The Kier molecular flexibility index (Phi) is 8.17. The van der Waals surface area contributed by atoms with Gasteiger partial charge in [0.25, 0.3) is 0 Å². The Balaban J connectivity index is 1.45. The Hall–Kier alpha value is -2.93. The lowest BCUT2D eigenvalue weighted by Gasteiger charge is -2.35. The Labute approximate surface area is 221 Å². The van der Waals surface area contributed by atoms with E-state index in [2.05, 4.69) is 0 Å². The molecule has 12 heteroatoms. The third-order valence-electron chi connectivity index (χ3n) is 6.43. The predicted molar refractivity (Wildman–Crippen MR) is 139 cm³/mol. The van der Waals surface area contributed by atoms with E-state index in [9.17, 15) is 30.0 Å². The number of sulfonamides is 2. The van der Waals surface area contributed by atoms with Crippen LogP contribution in [0.1, 0.15) is 18.1 Å². The Morgan fingerprint density at radius 2 is 1.39 bits per heavy atom. The van der Waals surface area contributed by atoms with Crippen molar-refractivity contribution in [2.75, 3.05) is 37.6 Å². The fraction of sp³-hybridized carbons (Fsp3) is 0.308. The first kappa shape index (κ1) is 28.1. The largest absolute Gasteiger partial charge is 0.416 e. The number of benzene rings is 3. The molecule has 0 spiro atoms. The van der Waals surface area contributed by atoms with E-state index < -0.39 is 31.8 Å². The lowest BCUT2D eigenvalue weighted by molar-refractivity contribution is -0.137. The van der Waals surface area contributed by atoms with Crippen LogP contribution < -0.4 is 4.90 Å². The molecule has 4 rings (SSSR count). The van der Waals surface area contributed by atoms with Gasteiger partial charge in [-0.15, -0.1) is 0 Å². The summed E-state index contributed by atoms with van der Waals surface area (Å²) in [5.74, 6) is 0. The molecule has 0 saturated carbocycles. The fourth-order valence-corrected chi connectivity index (χ4v) is 7.16. The van der Waals surface area contributed by atoms with Gasteiger partial charge in [0.15, 0.2) is 0 Å². The molecule has 0 radical (unpaired) electrons. The first-order valence-corrected chi connectivity index (χ1v) is 14.9. The van der Waals surface area contributed by atoms with Crippen molar-refractivity contribution in [2.24, 2.45) is 0 Å². The maximum Gasteiger partial charge on any atom is 0.416 e. The van der Waals surface area contributed by atoms with Crippen molar-refractivity contribution in [1.82, 2.24) is 8.61 Å². The number of nitrogens with zero attached hydrogens (tertiary/aromatic N) is 3. The number of alkyl halides is 3. The molecule has 1 aliphatic heterocycles. The van der Waals surface area contributed by atoms with Gasteiger partial charge in [-0.2, -0.15) is 21.8 Å². The van der Waals surface area contributed by atoms with Crippen molar-refractivity contribution in [2.45, 2.75) is 29.4 Å². The SMILES string of the molecule is CCN(Cc1ccccc1)S(=O)(=O)c1ccc(S(=O)(=O)N2CCN(c3cccc(C(F)(F)F)c3)CC2)cc1. The van der Waals surface area contributed by atoms with E-state index in [1.807, 2.05) is 30.3 Å². The van der Waals surface area contributed by atoms with E-state index in [0.717, 1.165) is 17.7 Å². The van der Waals surface area contributed by atoms with Gasteiger partial charge in [0.2, 0.25) is 20.0 Å². The first-order chi connectivity index (χ1) is 17.9. The number of hydrogen-bond donors (Lipinski definition) is 0. The van der Waals surface area contributed by atoms with Gasteiger partial charge in [0.05, 0.1) is 15.4 Å². The number of anilines is 1. The maximum absolute atomic E-state index is 13.2. The standard InChI is InChI=1S/C26H28F3N3O4S2/c1-2-31(20-21-7-4-3-5-8-21)37(33,34)24-11-13-25(14-12-24)38(35,36)32-17-15-30(16-18-32)23-10-6-9-22(19-23)26(27,28)29/h3-14,19H,2,15-18,20H2,1H3. The summed E-state index contributed by atoms with van der Waals surface area (Å²) in [6, 6.07) is 19.2. The molecule has 3 aromatic carbocycles. The second-order valence-corrected chi connectivity index (χ2v) is 12.7. The summed E-state index contributed by atoms with van der Waals surface area (Å²) >= 11 is 0. The molecule has 3 aromatic rings. The number of piperazine rings is 1. The van der Waals surface area contributed by atoms with Gasteiger partial charge in [-0.25, -0.2) is 16.8 Å². The highest BCUT2D eigenvalue weighted by molar-refractivity contribution is 7.89. The van der Waals surface area contributed by atoms with Crippen LogP contribution in [0.2, 0.25) is 0 Å². The molecule has 1 fully saturated rings. The highest BCUT2D eigenvalue weighted by Crippen LogP contribution is 2.32. The summed E-state index contributed by atoms with van der Waals surface area (Å²) in [4.78, 5) is 1.65. The predicted octanol–water partition coefficient (Wildman–Crippen LogP) is 4.43. The summed E-state index contributed by atoms with van der Waals surface area (Å²) in [6.45, 7) is 2.77. The number of rotatable bonds is 8. The van der Waals surface area contributed by atoms with Crippen LogP contribution in [0.25, 0.3) is 0 Å². The molecule has 1 saturated heterocycles. The van der Waals surface area contributed by atoms with Crippen molar-refractivity contribution < 1.29 is 30.0 Å². The molecule has 204 valence electrons. The molecule has 0 unspecified atom stereocenters. The summed E-state index contributed by atoms with van der Waals surface area (Å²) in [5, 5.41) is 0. The zero-order valence-electron chi connectivity index (χ0n) is 20.7. The summed E-state index contributed by atoms with van der Waals surface area (Å²) in [7, 11) is -7.77. The molecule has 0 atom stereocenters. The van der Waals surface area contributed by atoms with Gasteiger partial charge in [0, 0.05) is 45.0 Å². The van der Waals surface area contributed by atoms with Gasteiger partial charge in [-0.3, -0.25) is 0 Å². The topological polar surface area (TPSA) is 78.0 Å². The third kappa shape index (κ3) is 6.04. The van der Waals surface area contributed by atoms with Gasteiger partial charge >= 0.3 is 6.18 Å². The zero-order valence-corrected chi connectivity index (χ0v) is 22.3. The summed E-state index contributed by atoms with van der Waals surface area (Å²) < 4.78 is 94.5. The molecular formula is C26H28F3N3O4S2. The monoisotopic (exact) mass is 567 g/mol. The number of hydrogen-bond acceptors (Lipinski definition) is 5. The molecule has 0 aromatic heterocycles. The minimum Gasteiger partial charge on any atom is -0.369 e. The van der Waals surface area contributed by atoms with Crippen LogP contribution in [0.15, 0.2) is 88.7 Å². The first-order valence-electron chi connectivity index (χ1n) is 12.0. The van der Waals surface area contributed by atoms with E-state index in [1.54, 1.807) is 17.9 Å². The minimum atomic E-state index is -4.46. The summed E-state index contributed by atoms with van der Waals surface area (Å²) in [6.07, 6.45) is -4.46. The molecule has 7 nitrogen and oxygen atoms in total. The average molecular weight is 568 g/mol. The van der Waals surface area contributed by atoms with Crippen LogP contribution in [-0.4, -0.2) is 58.2 Å². The maximum atomic E-state index is 13.2. The van der Waals surface area contributed by atoms with E-state index in [1.165, 1.54) is 38.9 Å². The molecule has 1 heterocycles. The van der Waals surface area contributed by atoms with Crippen molar-refractivity contribution in [1.29, 1.82) is 0 Å². The molecule has 0 aliphatic carbocycles. The van der Waals surface area contributed by atoms with E-state index in [-0.39, 0.29) is 49.1 Å². The lowest BCUT2D eigenvalue weighted by atomic mass is 10.1. The van der Waals surface area contributed by atoms with Gasteiger partial charge in [0.1, 0.15) is 0 Å². The van der Waals surface area contributed by atoms with Crippen molar-refractivity contribution in [3.8, 4) is 0 Å². The highest BCUT2D eigenvalue weighted by Gasteiger charge is 2.33. The normalized spacial score (nSPS) is 15.7. The molecule has 0 N–H and O–H groups in total. The van der Waals surface area contributed by atoms with E-state index >= 15 is 0 Å². The van der Waals surface area contributed by atoms with Crippen LogP contribution >= 0.6 is 0 Å². The van der Waals surface area contributed by atoms with Crippen LogP contribution in [0.3, 0.4) is 0 Å². The highest BCUT2D eigenvalue weighted by atomic mass is 32.2. The smallest absolute Gasteiger partial charge is 0.369 e. The molecule has 0 amide bonds. The molecular weight excluding hydrogens is 539 g/mol. The third-order valence-corrected chi connectivity index (χ3v) is 10.3. The van der Waals surface area contributed by atoms with Gasteiger partial charge in [-0.05, 0) is 48.0 Å². The lowest BCUT2D eigenvalue weighted by Crippen LogP contribution is -2.48. The molecule has 1 aliphatic rings. The van der Waals surface area contributed by atoms with Gasteiger partial charge < -0.3 is 4.90 Å². The Morgan fingerprint density at radius 1 is 0.789 bits per heavy atom. The quantitative estimate of drug-likeness (QED) is 0.403. The average Bonchev–Trinajstić information content (AvgIpc) is 2.92. The Morgan fingerprint density at radius 3 is 1.97 bits per heavy atom. The molecule has 38 heavy (non-hydrogen) atoms. The molecule has 0 bridgehead atoms. The fourth-order valence-electron chi connectivity index (χ4n) is 4.30. The second-order valence-electron chi connectivity index (χ2n) is 8.83. The zero-order chi connectivity index (χ0) is 27.6.